The number of nitrogens with zero attached hydrogens (tertiary/aromatic N) is 4. The molecule has 3 aromatic rings. The largest absolute Gasteiger partial charge is 0.294 e. The number of fused-ring (bicyclic) bond motifs is 1. The molecular formula is C24H23N5O2S2. The number of carbonyl (C=O) groups is 2. The molecule has 168 valence electrons. The minimum atomic E-state index is -0.282. The molecule has 0 fully saturated rings. The predicted molar refractivity (Wildman–Crippen MR) is 129 cm³/mol. The minimum Gasteiger partial charge on any atom is -0.294 e. The van der Waals surface area contributed by atoms with Crippen molar-refractivity contribution in [1.29, 1.82) is 5.26 Å². The molecule has 0 saturated carbocycles. The number of aromatic nitrogens is 3. The second kappa shape index (κ2) is 9.41. The van der Waals surface area contributed by atoms with E-state index in [1.807, 2.05) is 51.1 Å². The summed E-state index contributed by atoms with van der Waals surface area (Å²) in [5.41, 5.74) is 3.21. The van der Waals surface area contributed by atoms with Crippen molar-refractivity contribution in [3.63, 3.8) is 0 Å². The van der Waals surface area contributed by atoms with E-state index in [2.05, 4.69) is 25.7 Å². The first-order valence-electron chi connectivity index (χ1n) is 10.6. The Morgan fingerprint density at radius 1 is 1.24 bits per heavy atom. The number of carbonyl (C=O) groups excluding carboxylic acids is 2. The molecule has 0 radical (unpaired) electrons. The molecular weight excluding hydrogens is 454 g/mol. The lowest BCUT2D eigenvalue weighted by Gasteiger charge is -2.31. The first-order valence-corrected chi connectivity index (χ1v) is 12.4. The van der Waals surface area contributed by atoms with Crippen LogP contribution in [0.2, 0.25) is 0 Å². The molecule has 2 heterocycles. The van der Waals surface area contributed by atoms with Crippen LogP contribution in [0.5, 0.6) is 0 Å². The van der Waals surface area contributed by atoms with Crippen molar-refractivity contribution < 1.29 is 9.59 Å². The molecule has 1 aromatic carbocycles. The molecule has 0 aliphatic heterocycles. The van der Waals surface area contributed by atoms with E-state index < -0.39 is 0 Å². The van der Waals surface area contributed by atoms with Crippen LogP contribution in [0.15, 0.2) is 35.4 Å². The molecule has 9 heteroatoms. The fourth-order valence-electron chi connectivity index (χ4n) is 4.00. The second-order valence-electron chi connectivity index (χ2n) is 8.62. The number of nitriles is 1. The van der Waals surface area contributed by atoms with Gasteiger partial charge in [0.25, 0.3) is 0 Å². The van der Waals surface area contributed by atoms with E-state index in [1.165, 1.54) is 23.3 Å². The van der Waals surface area contributed by atoms with Crippen LogP contribution in [-0.2, 0) is 17.6 Å². The number of rotatable bonds is 6. The van der Waals surface area contributed by atoms with Crippen LogP contribution in [-0.4, -0.2) is 31.8 Å². The zero-order chi connectivity index (χ0) is 23.6. The van der Waals surface area contributed by atoms with Crippen LogP contribution in [0.25, 0.3) is 10.6 Å². The SMILES string of the molecule is CCc1c(C#N)c(SCC(=O)Nc2nsc(-c3ccccc3)n2)nc2c1C(=O)CC(C)(C)C2. The molecule has 33 heavy (non-hydrogen) atoms. The zero-order valence-corrected chi connectivity index (χ0v) is 20.3. The van der Waals surface area contributed by atoms with Gasteiger partial charge in [-0.2, -0.15) is 14.6 Å². The summed E-state index contributed by atoms with van der Waals surface area (Å²) < 4.78 is 4.21. The van der Waals surface area contributed by atoms with Gasteiger partial charge in [0.15, 0.2) is 5.78 Å². The van der Waals surface area contributed by atoms with Gasteiger partial charge in [-0.25, -0.2) is 4.98 Å². The first kappa shape index (κ1) is 23.1. The fourth-order valence-corrected chi connectivity index (χ4v) is 5.45. The summed E-state index contributed by atoms with van der Waals surface area (Å²) in [5, 5.41) is 13.7. The van der Waals surface area contributed by atoms with Crippen molar-refractivity contribution in [3.8, 4) is 16.6 Å². The Labute approximate surface area is 200 Å². The number of nitrogens with one attached hydrogen (secondary N) is 1. The number of ketones is 1. The predicted octanol–water partition coefficient (Wildman–Crippen LogP) is 4.92. The molecule has 0 unspecified atom stereocenters. The maximum Gasteiger partial charge on any atom is 0.241 e. The Morgan fingerprint density at radius 2 is 2.00 bits per heavy atom. The van der Waals surface area contributed by atoms with Crippen molar-refractivity contribution in [2.45, 2.75) is 45.1 Å². The fraction of sp³-hybridized carbons (Fsp3) is 0.333. The normalized spacial score (nSPS) is 14.4. The third-order valence-corrected chi connectivity index (χ3v) is 7.15. The Morgan fingerprint density at radius 3 is 2.70 bits per heavy atom. The molecule has 1 aliphatic carbocycles. The molecule has 0 saturated heterocycles. The lowest BCUT2D eigenvalue weighted by atomic mass is 9.74. The third-order valence-electron chi connectivity index (χ3n) is 5.41. The van der Waals surface area contributed by atoms with E-state index in [9.17, 15) is 14.9 Å². The van der Waals surface area contributed by atoms with E-state index >= 15 is 0 Å². The van der Waals surface area contributed by atoms with Crippen molar-refractivity contribution in [3.05, 3.63) is 52.7 Å². The van der Waals surface area contributed by atoms with Crippen LogP contribution in [0.3, 0.4) is 0 Å². The molecule has 0 atom stereocenters. The average molecular weight is 478 g/mol. The second-order valence-corrected chi connectivity index (χ2v) is 10.3. The smallest absolute Gasteiger partial charge is 0.241 e. The van der Waals surface area contributed by atoms with Gasteiger partial charge in [0.2, 0.25) is 11.9 Å². The number of anilines is 1. The molecule has 4 rings (SSSR count). The molecule has 1 aliphatic rings. The summed E-state index contributed by atoms with van der Waals surface area (Å²) in [6.45, 7) is 6.02. The van der Waals surface area contributed by atoms with Gasteiger partial charge in [0.05, 0.1) is 17.0 Å². The molecule has 2 aromatic heterocycles. The van der Waals surface area contributed by atoms with Crippen LogP contribution in [0.1, 0.15) is 54.4 Å². The summed E-state index contributed by atoms with van der Waals surface area (Å²) in [6, 6.07) is 11.8. The summed E-state index contributed by atoms with van der Waals surface area (Å²) in [5.74, 6) is 0.0707. The van der Waals surface area contributed by atoms with Crippen molar-refractivity contribution >= 4 is 40.9 Å². The first-order chi connectivity index (χ1) is 15.8. The average Bonchev–Trinajstić information content (AvgIpc) is 3.24. The lowest BCUT2D eigenvalue weighted by molar-refractivity contribution is -0.113. The number of pyridine rings is 1. The van der Waals surface area contributed by atoms with Gasteiger partial charge in [0, 0.05) is 17.5 Å². The number of hydrogen-bond donors (Lipinski definition) is 1. The number of Topliss-reactive ketones (excluding diaryl/α,β-unsaturated/α-hetero) is 1. The van der Waals surface area contributed by atoms with E-state index in [0.717, 1.165) is 21.8 Å². The monoisotopic (exact) mass is 477 g/mol. The van der Waals surface area contributed by atoms with E-state index in [0.29, 0.717) is 35.4 Å². The molecule has 0 bridgehead atoms. The Balaban J connectivity index is 1.51. The van der Waals surface area contributed by atoms with Gasteiger partial charge in [-0.05, 0) is 35.4 Å². The number of benzene rings is 1. The van der Waals surface area contributed by atoms with Gasteiger partial charge in [-0.3, -0.25) is 14.9 Å². The van der Waals surface area contributed by atoms with Gasteiger partial charge in [-0.15, -0.1) is 0 Å². The van der Waals surface area contributed by atoms with E-state index in [1.54, 1.807) is 0 Å². The van der Waals surface area contributed by atoms with Gasteiger partial charge in [-0.1, -0.05) is 62.9 Å². The Kier molecular flexibility index (Phi) is 6.58. The summed E-state index contributed by atoms with van der Waals surface area (Å²) in [6.07, 6.45) is 1.67. The highest BCUT2D eigenvalue weighted by Crippen LogP contribution is 2.38. The van der Waals surface area contributed by atoms with Crippen LogP contribution < -0.4 is 5.32 Å². The maximum absolute atomic E-state index is 12.8. The topological polar surface area (TPSA) is 109 Å². The molecule has 7 nitrogen and oxygen atoms in total. The maximum atomic E-state index is 12.8. The van der Waals surface area contributed by atoms with Gasteiger partial charge >= 0.3 is 0 Å². The van der Waals surface area contributed by atoms with Gasteiger partial charge < -0.3 is 0 Å². The Bertz CT molecular complexity index is 1260. The van der Waals surface area contributed by atoms with Crippen molar-refractivity contribution in [1.82, 2.24) is 14.3 Å². The molecule has 0 spiro atoms. The number of thioether (sulfide) groups is 1. The van der Waals surface area contributed by atoms with E-state index in [4.69, 9.17) is 0 Å². The Hall–Kier alpha value is -3.09. The van der Waals surface area contributed by atoms with Crippen molar-refractivity contribution in [2.75, 3.05) is 11.1 Å². The minimum absolute atomic E-state index is 0.0419. The highest BCUT2D eigenvalue weighted by molar-refractivity contribution is 8.00. The molecule has 1 N–H and O–H groups in total. The van der Waals surface area contributed by atoms with Gasteiger partial charge in [0.1, 0.15) is 16.1 Å². The highest BCUT2D eigenvalue weighted by Gasteiger charge is 2.35. The third kappa shape index (κ3) is 4.97. The summed E-state index contributed by atoms with van der Waals surface area (Å²) >= 11 is 2.41. The van der Waals surface area contributed by atoms with Crippen LogP contribution >= 0.6 is 23.3 Å². The van der Waals surface area contributed by atoms with E-state index in [-0.39, 0.29) is 28.8 Å². The van der Waals surface area contributed by atoms with Crippen LogP contribution in [0.4, 0.5) is 5.95 Å². The van der Waals surface area contributed by atoms with Crippen molar-refractivity contribution in [2.24, 2.45) is 5.41 Å². The number of amides is 1. The van der Waals surface area contributed by atoms with Crippen LogP contribution in [0, 0.1) is 16.7 Å². The standard InChI is InChI=1S/C24H23N5O2S2/c1-4-15-16(12-25)22(26-17-10-24(2,3)11-18(30)20(15)17)32-13-19(31)27-23-28-21(33-29-23)14-8-6-5-7-9-14/h5-9H,4,10-11,13H2,1-3H3,(H,27,29,31). The lowest BCUT2D eigenvalue weighted by Crippen LogP contribution is -2.29. The quantitative estimate of drug-likeness (QED) is 0.502. The zero-order valence-electron chi connectivity index (χ0n) is 18.6. The highest BCUT2D eigenvalue weighted by atomic mass is 32.2. The number of hydrogen-bond acceptors (Lipinski definition) is 8. The molecule has 1 amide bonds. The summed E-state index contributed by atoms with van der Waals surface area (Å²) in [4.78, 5) is 34.4. The summed E-state index contributed by atoms with van der Waals surface area (Å²) in [7, 11) is 0.